The van der Waals surface area contributed by atoms with Gasteiger partial charge in [0.15, 0.2) is 0 Å². The molecule has 2 aromatic rings. The quantitative estimate of drug-likeness (QED) is 0.395. The monoisotopic (exact) mass is 228 g/mol. The standard InChI is InChI=1S/C9H5FO2.CHClO/c10-7-2-3-8-6(5-7)1-4-9(11)12-8;2-1-3/h1-5H;1H. The molecule has 0 saturated heterocycles. The van der Waals surface area contributed by atoms with E-state index < -0.39 is 5.63 Å². The molecule has 0 aliphatic rings. The minimum absolute atomic E-state index is 0.222. The van der Waals surface area contributed by atoms with Gasteiger partial charge in [-0.05, 0) is 35.9 Å². The molecule has 78 valence electrons. The summed E-state index contributed by atoms with van der Waals surface area (Å²) >= 11 is 4.32. The van der Waals surface area contributed by atoms with Crippen LogP contribution in [0.5, 0.6) is 0 Å². The summed E-state index contributed by atoms with van der Waals surface area (Å²) < 4.78 is 17.4. The Morgan fingerprint density at radius 1 is 1.27 bits per heavy atom. The number of benzene rings is 1. The lowest BCUT2D eigenvalue weighted by atomic mass is 10.2. The van der Waals surface area contributed by atoms with Crippen molar-refractivity contribution in [2.45, 2.75) is 0 Å². The molecule has 0 spiro atoms. The van der Waals surface area contributed by atoms with E-state index in [1.54, 1.807) is 0 Å². The number of halogens is 2. The molecular weight excluding hydrogens is 223 g/mol. The van der Waals surface area contributed by atoms with Crippen molar-refractivity contribution in [1.29, 1.82) is 0 Å². The van der Waals surface area contributed by atoms with E-state index in [0.29, 0.717) is 11.0 Å². The second-order valence-electron chi connectivity index (χ2n) is 2.53. The summed E-state index contributed by atoms with van der Waals surface area (Å²) in [4.78, 5) is 19.3. The van der Waals surface area contributed by atoms with Crippen LogP contribution in [0.1, 0.15) is 0 Å². The summed E-state index contributed by atoms with van der Waals surface area (Å²) in [5, 5.41) is 0.592. The van der Waals surface area contributed by atoms with Crippen molar-refractivity contribution >= 4 is 28.3 Å². The van der Waals surface area contributed by atoms with E-state index in [1.807, 2.05) is 0 Å². The van der Waals surface area contributed by atoms with Crippen molar-refractivity contribution in [3.8, 4) is 0 Å². The number of hydrogen-bond donors (Lipinski definition) is 0. The van der Waals surface area contributed by atoms with Crippen molar-refractivity contribution in [2.75, 3.05) is 0 Å². The van der Waals surface area contributed by atoms with Gasteiger partial charge in [-0.2, -0.15) is 0 Å². The third kappa shape index (κ3) is 3.18. The fraction of sp³-hybridized carbons (Fsp3) is 0. The molecule has 0 aliphatic heterocycles. The Labute approximate surface area is 89.1 Å². The molecule has 0 atom stereocenters. The zero-order valence-corrected chi connectivity index (χ0v) is 8.20. The predicted octanol–water partition coefficient (Wildman–Crippen LogP) is 2.35. The maximum absolute atomic E-state index is 12.6. The number of carbonyl (C=O) groups is 1. The Hall–Kier alpha value is -1.68. The van der Waals surface area contributed by atoms with Crippen LogP contribution >= 0.6 is 11.6 Å². The minimum Gasteiger partial charge on any atom is -0.423 e. The molecule has 0 bridgehead atoms. The smallest absolute Gasteiger partial charge is 0.336 e. The molecule has 3 nitrogen and oxygen atoms in total. The van der Waals surface area contributed by atoms with E-state index in [1.165, 1.54) is 30.3 Å². The summed E-state index contributed by atoms with van der Waals surface area (Å²) in [6, 6.07) is 6.81. The fourth-order valence-corrected chi connectivity index (χ4v) is 1.04. The largest absolute Gasteiger partial charge is 0.423 e. The molecule has 15 heavy (non-hydrogen) atoms. The van der Waals surface area contributed by atoms with Crippen molar-refractivity contribution in [3.63, 3.8) is 0 Å². The van der Waals surface area contributed by atoms with E-state index >= 15 is 0 Å². The van der Waals surface area contributed by atoms with Gasteiger partial charge in [-0.3, -0.25) is 4.79 Å². The normalized spacial score (nSPS) is 9.20. The summed E-state index contributed by atoms with van der Waals surface area (Å²) in [7, 11) is 0. The number of fused-ring (bicyclic) bond motifs is 1. The summed E-state index contributed by atoms with van der Waals surface area (Å²) in [5.74, 6) is -0.114. The van der Waals surface area contributed by atoms with Gasteiger partial charge in [-0.25, -0.2) is 9.18 Å². The van der Waals surface area contributed by atoms with Crippen LogP contribution in [0.2, 0.25) is 0 Å². The van der Waals surface area contributed by atoms with Gasteiger partial charge in [-0.1, -0.05) is 0 Å². The summed E-state index contributed by atoms with van der Waals surface area (Å²) in [6.45, 7) is 0. The van der Waals surface area contributed by atoms with Gasteiger partial charge in [0.25, 0.3) is 0 Å². The Kier molecular flexibility index (Phi) is 4.00. The lowest BCUT2D eigenvalue weighted by Crippen LogP contribution is -1.94. The second kappa shape index (κ2) is 5.26. The molecule has 1 aromatic heterocycles. The highest BCUT2D eigenvalue weighted by molar-refractivity contribution is 6.54. The lowest BCUT2D eigenvalue weighted by molar-refractivity contribution is 0.558. The highest BCUT2D eigenvalue weighted by atomic mass is 35.5. The fourth-order valence-electron chi connectivity index (χ4n) is 1.04. The van der Waals surface area contributed by atoms with Gasteiger partial charge in [-0.15, -0.1) is 0 Å². The molecule has 2 rings (SSSR count). The van der Waals surface area contributed by atoms with Gasteiger partial charge >= 0.3 is 5.63 Å². The molecule has 0 fully saturated rings. The van der Waals surface area contributed by atoms with Crippen molar-refractivity contribution in [2.24, 2.45) is 0 Å². The van der Waals surface area contributed by atoms with Crippen LogP contribution in [0.25, 0.3) is 11.0 Å². The number of carbonyl (C=O) groups excluding carboxylic acids is 1. The average molecular weight is 229 g/mol. The molecule has 0 saturated carbocycles. The molecule has 5 heteroatoms. The molecule has 0 radical (unpaired) electrons. The third-order valence-electron chi connectivity index (χ3n) is 1.58. The first-order valence-corrected chi connectivity index (χ1v) is 4.34. The Morgan fingerprint density at radius 3 is 2.60 bits per heavy atom. The van der Waals surface area contributed by atoms with Crippen LogP contribution in [-0.2, 0) is 4.79 Å². The first-order valence-electron chi connectivity index (χ1n) is 3.90. The topological polar surface area (TPSA) is 47.3 Å². The van der Waals surface area contributed by atoms with Crippen LogP contribution in [0.3, 0.4) is 0 Å². The van der Waals surface area contributed by atoms with E-state index in [4.69, 9.17) is 9.21 Å². The lowest BCUT2D eigenvalue weighted by Gasteiger charge is -1.93. The molecule has 0 unspecified atom stereocenters. The van der Waals surface area contributed by atoms with Gasteiger partial charge in [0.1, 0.15) is 11.4 Å². The van der Waals surface area contributed by atoms with Crippen LogP contribution in [0.4, 0.5) is 4.39 Å². The highest BCUT2D eigenvalue weighted by Crippen LogP contribution is 2.12. The van der Waals surface area contributed by atoms with Crippen molar-refractivity contribution in [3.05, 3.63) is 46.6 Å². The van der Waals surface area contributed by atoms with Crippen LogP contribution in [0.15, 0.2) is 39.5 Å². The van der Waals surface area contributed by atoms with E-state index in [0.717, 1.165) is 0 Å². The van der Waals surface area contributed by atoms with Gasteiger partial charge in [0.2, 0.25) is 5.75 Å². The second-order valence-corrected chi connectivity index (χ2v) is 2.70. The number of hydrogen-bond acceptors (Lipinski definition) is 3. The molecule has 0 N–H and O–H groups in total. The molecule has 1 aromatic carbocycles. The summed E-state index contributed by atoms with van der Waals surface area (Å²) in [6.07, 6.45) is 0. The van der Waals surface area contributed by atoms with Crippen molar-refractivity contribution < 1.29 is 13.6 Å². The molecule has 0 aliphatic carbocycles. The van der Waals surface area contributed by atoms with Crippen LogP contribution in [-0.4, -0.2) is 5.75 Å². The predicted molar refractivity (Wildman–Crippen MR) is 55.0 cm³/mol. The first kappa shape index (κ1) is 11.4. The molecule has 1 heterocycles. The molecule has 0 amide bonds. The zero-order chi connectivity index (χ0) is 11.3. The van der Waals surface area contributed by atoms with Gasteiger partial charge < -0.3 is 4.42 Å². The Bertz CT molecular complexity index is 521. The average Bonchev–Trinajstić information content (AvgIpc) is 2.20. The van der Waals surface area contributed by atoms with Crippen molar-refractivity contribution in [1.82, 2.24) is 0 Å². The van der Waals surface area contributed by atoms with E-state index in [9.17, 15) is 9.18 Å². The first-order chi connectivity index (χ1) is 7.17. The minimum atomic E-state index is -0.422. The Balaban J connectivity index is 0.000000337. The highest BCUT2D eigenvalue weighted by Gasteiger charge is 1.97. The summed E-state index contributed by atoms with van der Waals surface area (Å²) in [5.41, 5.74) is -0.0157. The Morgan fingerprint density at radius 2 is 1.93 bits per heavy atom. The SMILES string of the molecule is O=CCl.O=c1ccc2cc(F)ccc2o1. The van der Waals surface area contributed by atoms with Gasteiger partial charge in [0, 0.05) is 11.5 Å². The maximum atomic E-state index is 12.6. The van der Waals surface area contributed by atoms with Crippen LogP contribution in [0, 0.1) is 5.82 Å². The van der Waals surface area contributed by atoms with Gasteiger partial charge in [0.05, 0.1) is 0 Å². The molecular formula is C10H6ClFO3. The maximum Gasteiger partial charge on any atom is 0.336 e. The third-order valence-corrected chi connectivity index (χ3v) is 1.58. The van der Waals surface area contributed by atoms with Crippen LogP contribution < -0.4 is 5.63 Å². The zero-order valence-electron chi connectivity index (χ0n) is 7.44. The van der Waals surface area contributed by atoms with E-state index in [2.05, 4.69) is 11.6 Å². The van der Waals surface area contributed by atoms with E-state index in [-0.39, 0.29) is 11.6 Å². The number of rotatable bonds is 0.